The molecule has 0 radical (unpaired) electrons. The van der Waals surface area contributed by atoms with Crippen LogP contribution in [0, 0.1) is 0 Å². The summed E-state index contributed by atoms with van der Waals surface area (Å²) in [7, 11) is 3.21. The second kappa shape index (κ2) is 6.37. The normalized spacial score (nSPS) is 14.1. The molecule has 0 aliphatic heterocycles. The molecule has 1 N–H and O–H groups in total. The van der Waals surface area contributed by atoms with Gasteiger partial charge in [0, 0.05) is 14.1 Å². The van der Waals surface area contributed by atoms with E-state index in [4.69, 9.17) is 4.74 Å². The van der Waals surface area contributed by atoms with Gasteiger partial charge in [0.2, 0.25) is 0 Å². The van der Waals surface area contributed by atoms with Gasteiger partial charge in [-0.3, -0.25) is 4.79 Å². The lowest BCUT2D eigenvalue weighted by atomic mass is 10.2. The summed E-state index contributed by atoms with van der Waals surface area (Å²) < 4.78 is 5.46. The predicted octanol–water partition coefficient (Wildman–Crippen LogP) is 1.04. The topological polar surface area (TPSA) is 49.8 Å². The first kappa shape index (κ1) is 13.7. The average molecular weight is 237 g/mol. The summed E-state index contributed by atoms with van der Waals surface area (Å²) in [6, 6.07) is 9.65. The van der Waals surface area contributed by atoms with Gasteiger partial charge in [-0.2, -0.15) is 0 Å². The van der Waals surface area contributed by atoms with Gasteiger partial charge in [-0.15, -0.1) is 0 Å². The monoisotopic (exact) mass is 237 g/mol. The molecule has 1 aromatic carbocycles. The average Bonchev–Trinajstić information content (AvgIpc) is 2.35. The van der Waals surface area contributed by atoms with Gasteiger partial charge >= 0.3 is 0 Å². The van der Waals surface area contributed by atoms with E-state index in [1.54, 1.807) is 21.0 Å². The molecule has 0 fully saturated rings. The van der Waals surface area contributed by atoms with E-state index >= 15 is 0 Å². The lowest BCUT2D eigenvalue weighted by Gasteiger charge is -2.21. The Morgan fingerprint density at radius 1 is 1.35 bits per heavy atom. The molecule has 1 amide bonds. The van der Waals surface area contributed by atoms with E-state index in [1.165, 1.54) is 4.90 Å². The number of nitrogens with zero attached hydrogens (tertiary/aromatic N) is 1. The third-order valence-corrected chi connectivity index (χ3v) is 2.49. The maximum absolute atomic E-state index is 11.5. The minimum Gasteiger partial charge on any atom is -0.381 e. The van der Waals surface area contributed by atoms with Gasteiger partial charge in [-0.05, 0) is 12.5 Å². The Morgan fingerprint density at radius 2 is 1.94 bits per heavy atom. The number of carbonyl (C=O) groups excluding carboxylic acids is 1. The quantitative estimate of drug-likeness (QED) is 0.832. The molecule has 0 saturated heterocycles. The van der Waals surface area contributed by atoms with Crippen molar-refractivity contribution in [3.05, 3.63) is 35.9 Å². The van der Waals surface area contributed by atoms with Crippen LogP contribution in [0.3, 0.4) is 0 Å². The van der Waals surface area contributed by atoms with Crippen molar-refractivity contribution in [1.29, 1.82) is 0 Å². The molecule has 94 valence electrons. The maximum atomic E-state index is 11.5. The lowest BCUT2D eigenvalue weighted by molar-refractivity contribution is -0.146. The summed E-state index contributed by atoms with van der Waals surface area (Å²) >= 11 is 0. The molecule has 4 heteroatoms. The van der Waals surface area contributed by atoms with E-state index in [-0.39, 0.29) is 5.91 Å². The highest BCUT2D eigenvalue weighted by Gasteiger charge is 2.24. The summed E-state index contributed by atoms with van der Waals surface area (Å²) in [5, 5.41) is 9.72. The van der Waals surface area contributed by atoms with Crippen LogP contribution in [0.25, 0.3) is 0 Å². The van der Waals surface area contributed by atoms with Crippen molar-refractivity contribution in [2.75, 3.05) is 14.1 Å². The Kier molecular flexibility index (Phi) is 5.12. The number of aliphatic hydroxyl groups excluding tert-OH is 1. The molecule has 1 rings (SSSR count). The molecule has 17 heavy (non-hydrogen) atoms. The Morgan fingerprint density at radius 3 is 2.47 bits per heavy atom. The molecular formula is C13H19NO3. The van der Waals surface area contributed by atoms with Crippen molar-refractivity contribution < 1.29 is 14.6 Å². The van der Waals surface area contributed by atoms with E-state index in [0.717, 1.165) is 5.56 Å². The number of hydrogen-bond donors (Lipinski definition) is 1. The van der Waals surface area contributed by atoms with Gasteiger partial charge in [0.25, 0.3) is 5.91 Å². The summed E-state index contributed by atoms with van der Waals surface area (Å²) in [6.07, 6.45) is -1.64. The van der Waals surface area contributed by atoms with Crippen LogP contribution in [0.4, 0.5) is 0 Å². The number of amides is 1. The van der Waals surface area contributed by atoms with Crippen LogP contribution in [0.2, 0.25) is 0 Å². The molecule has 0 bridgehead atoms. The Balaban J connectivity index is 2.44. The van der Waals surface area contributed by atoms with Gasteiger partial charge in [0.05, 0.1) is 12.7 Å². The molecule has 2 atom stereocenters. The fourth-order valence-electron chi connectivity index (χ4n) is 1.36. The largest absolute Gasteiger partial charge is 0.381 e. The van der Waals surface area contributed by atoms with Crippen molar-refractivity contribution >= 4 is 5.91 Å². The molecule has 0 heterocycles. The van der Waals surface area contributed by atoms with Crippen molar-refractivity contribution in [3.63, 3.8) is 0 Å². The molecule has 0 aliphatic rings. The van der Waals surface area contributed by atoms with Gasteiger partial charge in [-0.25, -0.2) is 0 Å². The summed E-state index contributed by atoms with van der Waals surface area (Å²) in [5.41, 5.74) is 1.02. The van der Waals surface area contributed by atoms with E-state index < -0.39 is 12.2 Å². The highest BCUT2D eigenvalue weighted by molar-refractivity contribution is 5.80. The van der Waals surface area contributed by atoms with Crippen LogP contribution >= 0.6 is 0 Å². The highest BCUT2D eigenvalue weighted by Crippen LogP contribution is 2.07. The minimum absolute atomic E-state index is 0.342. The Bertz CT molecular complexity index is 351. The zero-order chi connectivity index (χ0) is 12.8. The first-order valence-corrected chi connectivity index (χ1v) is 5.57. The van der Waals surface area contributed by atoms with Gasteiger partial charge in [0.15, 0.2) is 6.10 Å². The molecule has 1 aromatic rings. The molecule has 0 spiro atoms. The van der Waals surface area contributed by atoms with Crippen LogP contribution in [-0.4, -0.2) is 42.2 Å². The molecule has 0 aliphatic carbocycles. The third-order valence-electron chi connectivity index (χ3n) is 2.49. The van der Waals surface area contributed by atoms with Crippen molar-refractivity contribution in [2.24, 2.45) is 0 Å². The van der Waals surface area contributed by atoms with Crippen LogP contribution in [-0.2, 0) is 16.1 Å². The maximum Gasteiger partial charge on any atom is 0.253 e. The second-order valence-corrected chi connectivity index (χ2v) is 4.18. The third kappa shape index (κ3) is 4.17. The van der Waals surface area contributed by atoms with E-state index in [9.17, 15) is 9.90 Å². The Hall–Kier alpha value is -1.39. The van der Waals surface area contributed by atoms with Crippen molar-refractivity contribution in [3.8, 4) is 0 Å². The molecule has 0 saturated carbocycles. The SMILES string of the molecule is C[C@@H](OCc1ccccc1)[C@H](O)C(=O)N(C)C. The van der Waals surface area contributed by atoms with Crippen LogP contribution < -0.4 is 0 Å². The first-order valence-electron chi connectivity index (χ1n) is 5.57. The van der Waals surface area contributed by atoms with Crippen LogP contribution in [0.15, 0.2) is 30.3 Å². The van der Waals surface area contributed by atoms with E-state index in [1.807, 2.05) is 30.3 Å². The molecule has 0 aromatic heterocycles. The number of hydrogen-bond acceptors (Lipinski definition) is 3. The zero-order valence-electron chi connectivity index (χ0n) is 10.5. The van der Waals surface area contributed by atoms with Crippen molar-refractivity contribution in [2.45, 2.75) is 25.7 Å². The van der Waals surface area contributed by atoms with E-state index in [2.05, 4.69) is 0 Å². The summed E-state index contributed by atoms with van der Waals surface area (Å²) in [6.45, 7) is 2.08. The summed E-state index contributed by atoms with van der Waals surface area (Å²) in [5.74, 6) is -0.342. The Labute approximate surface area is 102 Å². The van der Waals surface area contributed by atoms with Gasteiger partial charge in [0.1, 0.15) is 0 Å². The summed E-state index contributed by atoms with van der Waals surface area (Å²) in [4.78, 5) is 12.8. The number of rotatable bonds is 5. The fourth-order valence-corrected chi connectivity index (χ4v) is 1.36. The first-order chi connectivity index (χ1) is 8.02. The number of aliphatic hydroxyl groups is 1. The fraction of sp³-hybridized carbons (Fsp3) is 0.462. The number of carbonyl (C=O) groups is 1. The molecule has 0 unspecified atom stereocenters. The number of benzene rings is 1. The number of likely N-dealkylation sites (N-methyl/N-ethyl adjacent to an activating group) is 1. The second-order valence-electron chi connectivity index (χ2n) is 4.18. The van der Waals surface area contributed by atoms with Gasteiger partial charge < -0.3 is 14.7 Å². The van der Waals surface area contributed by atoms with Gasteiger partial charge in [-0.1, -0.05) is 30.3 Å². The minimum atomic E-state index is -1.12. The van der Waals surface area contributed by atoms with Crippen LogP contribution in [0.1, 0.15) is 12.5 Å². The highest BCUT2D eigenvalue weighted by atomic mass is 16.5. The smallest absolute Gasteiger partial charge is 0.253 e. The van der Waals surface area contributed by atoms with E-state index in [0.29, 0.717) is 6.61 Å². The zero-order valence-corrected chi connectivity index (χ0v) is 10.5. The molecular weight excluding hydrogens is 218 g/mol. The number of ether oxygens (including phenoxy) is 1. The van der Waals surface area contributed by atoms with Crippen molar-refractivity contribution in [1.82, 2.24) is 4.90 Å². The predicted molar refractivity (Wildman–Crippen MR) is 65.4 cm³/mol. The standard InChI is InChI=1S/C13H19NO3/c1-10(12(15)13(16)14(2)3)17-9-11-7-5-4-6-8-11/h4-8,10,12,15H,9H2,1-3H3/t10-,12+/m1/s1. The van der Waals surface area contributed by atoms with Crippen LogP contribution in [0.5, 0.6) is 0 Å². The lowest BCUT2D eigenvalue weighted by Crippen LogP contribution is -2.41. The molecule has 4 nitrogen and oxygen atoms in total.